The molecule has 4 heterocycles. The van der Waals surface area contributed by atoms with Crippen LogP contribution in [-0.2, 0) is 0 Å². The molecule has 0 amide bonds. The van der Waals surface area contributed by atoms with Crippen LogP contribution in [0.25, 0.3) is 105 Å². The van der Waals surface area contributed by atoms with E-state index in [4.69, 9.17) is 9.40 Å². The van der Waals surface area contributed by atoms with Gasteiger partial charge in [-0.15, -0.1) is 0 Å². The third-order valence-electron chi connectivity index (χ3n) is 11.1. The van der Waals surface area contributed by atoms with Crippen LogP contribution in [0.2, 0.25) is 0 Å². The van der Waals surface area contributed by atoms with E-state index in [1.54, 1.807) is 0 Å². The van der Waals surface area contributed by atoms with Crippen molar-refractivity contribution in [3.8, 4) is 28.5 Å². The third-order valence-corrected chi connectivity index (χ3v) is 11.1. The molecule has 0 bridgehead atoms. The normalized spacial score (nSPS) is 12.1. The van der Waals surface area contributed by atoms with Gasteiger partial charge in [-0.05, 0) is 60.7 Å². The van der Waals surface area contributed by atoms with Crippen molar-refractivity contribution < 1.29 is 4.42 Å². The van der Waals surface area contributed by atoms with Gasteiger partial charge in [0.2, 0.25) is 5.89 Å². The first-order valence-electron chi connectivity index (χ1n) is 18.3. The average Bonchev–Trinajstić information content (AvgIpc) is 3.99. The maximum atomic E-state index is 6.69. The second-order valence-electron chi connectivity index (χ2n) is 13.9. The van der Waals surface area contributed by atoms with E-state index < -0.39 is 0 Å². The van der Waals surface area contributed by atoms with Crippen molar-refractivity contribution in [3.05, 3.63) is 182 Å². The molecule has 0 aliphatic heterocycles. The molecule has 0 radical (unpaired) electrons. The molecule has 0 N–H and O–H groups in total. The zero-order chi connectivity index (χ0) is 35.3. The minimum Gasteiger partial charge on any atom is -0.436 e. The van der Waals surface area contributed by atoms with E-state index in [2.05, 4.69) is 171 Å². The number of oxazole rings is 1. The average molecular weight is 691 g/mol. The van der Waals surface area contributed by atoms with Gasteiger partial charge in [0.15, 0.2) is 5.58 Å². The van der Waals surface area contributed by atoms with Gasteiger partial charge in [-0.3, -0.25) is 0 Å². The molecule has 54 heavy (non-hydrogen) atoms. The van der Waals surface area contributed by atoms with E-state index in [9.17, 15) is 0 Å². The Morgan fingerprint density at radius 3 is 1.15 bits per heavy atom. The Hall–Kier alpha value is -7.37. The Balaban J connectivity index is 1.37. The predicted molar refractivity (Wildman–Crippen MR) is 222 cm³/mol. The monoisotopic (exact) mass is 690 g/mol. The SMILES string of the molecule is c1ccc2oc(-c3ccc(-n4c5ccccc5c5ccccc54)c(-n4c5ccccc5c5ccccc54)c3-n3c4ccccc4c4ccccc43)nc2c1. The molecule has 5 heteroatoms. The highest BCUT2D eigenvalue weighted by Crippen LogP contribution is 2.46. The second kappa shape index (κ2) is 11.1. The number of para-hydroxylation sites is 8. The van der Waals surface area contributed by atoms with Crippen LogP contribution >= 0.6 is 0 Å². The summed E-state index contributed by atoms with van der Waals surface area (Å²) in [6.07, 6.45) is 0. The maximum absolute atomic E-state index is 6.69. The molecule has 0 spiro atoms. The van der Waals surface area contributed by atoms with E-state index in [1.807, 2.05) is 24.3 Å². The molecule has 12 rings (SSSR count). The van der Waals surface area contributed by atoms with Crippen LogP contribution in [0.5, 0.6) is 0 Å². The molecule has 0 aliphatic carbocycles. The third kappa shape index (κ3) is 3.95. The number of fused-ring (bicyclic) bond motifs is 10. The smallest absolute Gasteiger partial charge is 0.229 e. The minimum atomic E-state index is 0.573. The van der Waals surface area contributed by atoms with E-state index in [0.29, 0.717) is 5.89 Å². The van der Waals surface area contributed by atoms with Gasteiger partial charge in [0.1, 0.15) is 5.52 Å². The molecular weight excluding hydrogens is 661 g/mol. The lowest BCUT2D eigenvalue weighted by molar-refractivity contribution is 0.619. The van der Waals surface area contributed by atoms with Gasteiger partial charge in [0, 0.05) is 32.3 Å². The van der Waals surface area contributed by atoms with Crippen LogP contribution in [-0.4, -0.2) is 18.7 Å². The van der Waals surface area contributed by atoms with Crippen molar-refractivity contribution in [1.29, 1.82) is 0 Å². The molecule has 12 aromatic rings. The Bertz CT molecular complexity index is 3270. The summed E-state index contributed by atoms with van der Waals surface area (Å²) in [5.41, 5.74) is 12.3. The lowest BCUT2D eigenvalue weighted by Gasteiger charge is -2.24. The number of nitrogens with zero attached hydrogens (tertiary/aromatic N) is 4. The van der Waals surface area contributed by atoms with Crippen molar-refractivity contribution in [2.24, 2.45) is 0 Å². The second-order valence-corrected chi connectivity index (χ2v) is 13.9. The summed E-state index contributed by atoms with van der Waals surface area (Å²) in [6, 6.07) is 64.9. The molecule has 5 nitrogen and oxygen atoms in total. The topological polar surface area (TPSA) is 40.8 Å². The molecule has 4 aromatic heterocycles. The number of rotatable bonds is 4. The zero-order valence-corrected chi connectivity index (χ0v) is 29.0. The summed E-state index contributed by atoms with van der Waals surface area (Å²) in [5, 5.41) is 7.19. The molecule has 0 unspecified atom stereocenters. The van der Waals surface area contributed by atoms with Gasteiger partial charge >= 0.3 is 0 Å². The van der Waals surface area contributed by atoms with E-state index in [0.717, 1.165) is 66.8 Å². The number of hydrogen-bond acceptors (Lipinski definition) is 2. The van der Waals surface area contributed by atoms with Crippen molar-refractivity contribution in [1.82, 2.24) is 18.7 Å². The molecule has 0 fully saturated rings. The van der Waals surface area contributed by atoms with E-state index in [-0.39, 0.29) is 0 Å². The highest BCUT2D eigenvalue weighted by Gasteiger charge is 2.28. The summed E-state index contributed by atoms with van der Waals surface area (Å²) in [5.74, 6) is 0.573. The van der Waals surface area contributed by atoms with Gasteiger partial charge in [0.25, 0.3) is 0 Å². The fourth-order valence-corrected chi connectivity index (χ4v) is 8.87. The summed E-state index contributed by atoms with van der Waals surface area (Å²) in [4.78, 5) is 5.16. The van der Waals surface area contributed by atoms with Crippen molar-refractivity contribution in [2.45, 2.75) is 0 Å². The number of aromatic nitrogens is 4. The van der Waals surface area contributed by atoms with Gasteiger partial charge in [0.05, 0.1) is 55.7 Å². The quantitative estimate of drug-likeness (QED) is 0.184. The van der Waals surface area contributed by atoms with Crippen LogP contribution in [0.1, 0.15) is 0 Å². The van der Waals surface area contributed by atoms with Gasteiger partial charge in [-0.2, -0.15) is 0 Å². The minimum absolute atomic E-state index is 0.573. The zero-order valence-electron chi connectivity index (χ0n) is 29.0. The number of benzene rings is 8. The van der Waals surface area contributed by atoms with Gasteiger partial charge in [-0.1, -0.05) is 121 Å². The van der Waals surface area contributed by atoms with E-state index >= 15 is 0 Å². The highest BCUT2D eigenvalue weighted by molar-refractivity contribution is 6.14. The van der Waals surface area contributed by atoms with Crippen molar-refractivity contribution in [3.63, 3.8) is 0 Å². The highest BCUT2D eigenvalue weighted by atomic mass is 16.3. The Kier molecular flexibility index (Phi) is 5.99. The van der Waals surface area contributed by atoms with Crippen LogP contribution in [0.4, 0.5) is 0 Å². The fourth-order valence-electron chi connectivity index (χ4n) is 8.87. The summed E-state index contributed by atoms with van der Waals surface area (Å²) < 4.78 is 14.0. The van der Waals surface area contributed by atoms with Gasteiger partial charge in [-0.25, -0.2) is 4.98 Å². The first-order chi connectivity index (χ1) is 26.8. The molecule has 0 saturated carbocycles. The summed E-state index contributed by atoms with van der Waals surface area (Å²) in [6.45, 7) is 0. The van der Waals surface area contributed by atoms with Crippen molar-refractivity contribution >= 4 is 76.5 Å². The Morgan fingerprint density at radius 2 is 0.704 bits per heavy atom. The van der Waals surface area contributed by atoms with Crippen LogP contribution in [0.15, 0.2) is 186 Å². The largest absolute Gasteiger partial charge is 0.436 e. The first kappa shape index (κ1) is 29.2. The molecular formula is C49H30N4O. The number of hydrogen-bond donors (Lipinski definition) is 0. The maximum Gasteiger partial charge on any atom is 0.229 e. The first-order valence-corrected chi connectivity index (χ1v) is 18.3. The standard InChI is InChI=1S/C49H30N4O/c1-8-22-39-31(15-1)32-16-2-9-23-40(32)51(39)45-30-29-37(49-50-38-21-7-14-28-46(38)54-49)47(52-41-24-10-3-17-33(41)34-18-4-11-25-42(34)52)48(45)53-43-26-12-5-19-35(43)36-20-6-13-27-44(36)53/h1-30H. The molecule has 0 saturated heterocycles. The molecule has 252 valence electrons. The van der Waals surface area contributed by atoms with Crippen LogP contribution < -0.4 is 0 Å². The lowest BCUT2D eigenvalue weighted by Crippen LogP contribution is -2.10. The predicted octanol–water partition coefficient (Wildman–Crippen LogP) is 12.8. The van der Waals surface area contributed by atoms with Crippen LogP contribution in [0.3, 0.4) is 0 Å². The summed E-state index contributed by atoms with van der Waals surface area (Å²) in [7, 11) is 0. The Labute approximate surface area is 309 Å². The molecule has 8 aromatic carbocycles. The van der Waals surface area contributed by atoms with E-state index in [1.165, 1.54) is 32.3 Å². The fraction of sp³-hybridized carbons (Fsp3) is 0. The van der Waals surface area contributed by atoms with Gasteiger partial charge < -0.3 is 18.1 Å². The Morgan fingerprint density at radius 1 is 0.333 bits per heavy atom. The lowest BCUT2D eigenvalue weighted by atomic mass is 10.1. The molecule has 0 atom stereocenters. The van der Waals surface area contributed by atoms with Crippen LogP contribution in [0, 0.1) is 0 Å². The van der Waals surface area contributed by atoms with Crippen molar-refractivity contribution in [2.75, 3.05) is 0 Å². The summed E-state index contributed by atoms with van der Waals surface area (Å²) >= 11 is 0. The molecule has 0 aliphatic rings.